The maximum atomic E-state index is 12.7. The molecule has 0 radical (unpaired) electrons. The smallest absolute Gasteiger partial charge is 0.237 e. The monoisotopic (exact) mass is 413 g/mol. The highest BCUT2D eigenvalue weighted by atomic mass is 32.2. The molecule has 3 fully saturated rings. The van der Waals surface area contributed by atoms with Crippen molar-refractivity contribution >= 4 is 21.7 Å². The lowest BCUT2D eigenvalue weighted by Crippen LogP contribution is -2.53. The van der Waals surface area contributed by atoms with Crippen molar-refractivity contribution in [3.8, 4) is 0 Å². The van der Waals surface area contributed by atoms with Crippen LogP contribution in [0, 0.1) is 5.92 Å². The molecule has 1 saturated carbocycles. The van der Waals surface area contributed by atoms with E-state index in [0.29, 0.717) is 58.0 Å². The fraction of sp³-hybridized carbons (Fsp3) is 0.900. The Kier molecular flexibility index (Phi) is 7.36. The van der Waals surface area contributed by atoms with E-state index in [4.69, 9.17) is 0 Å². The summed E-state index contributed by atoms with van der Waals surface area (Å²) in [7, 11) is -3.00. The second kappa shape index (κ2) is 9.57. The molecule has 2 saturated heterocycles. The standard InChI is InChI=1S/C20H35N3O4S/c1-2-23(18-8-13-28(26,27)16-18)20(25)15-21-9-11-22(12-10-21)19(24)14-17-6-4-3-5-7-17/h17-18H,2-16H2,1H3. The zero-order valence-corrected chi connectivity index (χ0v) is 18.0. The Labute approximate surface area is 169 Å². The van der Waals surface area contributed by atoms with Crippen LogP contribution in [0.4, 0.5) is 0 Å². The molecular weight excluding hydrogens is 378 g/mol. The first-order chi connectivity index (χ1) is 13.4. The van der Waals surface area contributed by atoms with E-state index in [0.717, 1.165) is 0 Å². The Hall–Kier alpha value is -1.15. The summed E-state index contributed by atoms with van der Waals surface area (Å²) in [5.41, 5.74) is 0. The SMILES string of the molecule is CCN(C(=O)CN1CCN(C(=O)CC2CCCCC2)CC1)C1CCS(=O)(=O)C1. The number of likely N-dealkylation sites (N-methyl/N-ethyl adjacent to an activating group) is 1. The Morgan fingerprint density at radius 2 is 1.68 bits per heavy atom. The third kappa shape index (κ3) is 5.69. The number of rotatable bonds is 6. The summed E-state index contributed by atoms with van der Waals surface area (Å²) in [5.74, 6) is 1.11. The molecule has 0 aromatic rings. The van der Waals surface area contributed by atoms with Gasteiger partial charge in [-0.25, -0.2) is 8.42 Å². The number of hydrogen-bond acceptors (Lipinski definition) is 5. The van der Waals surface area contributed by atoms with Gasteiger partial charge in [-0.1, -0.05) is 19.3 Å². The van der Waals surface area contributed by atoms with Crippen molar-refractivity contribution in [2.75, 3.05) is 50.8 Å². The van der Waals surface area contributed by atoms with Crippen LogP contribution >= 0.6 is 0 Å². The van der Waals surface area contributed by atoms with Crippen molar-refractivity contribution in [1.82, 2.24) is 14.7 Å². The van der Waals surface area contributed by atoms with Crippen LogP contribution in [-0.4, -0.2) is 91.7 Å². The van der Waals surface area contributed by atoms with Gasteiger partial charge < -0.3 is 9.80 Å². The van der Waals surface area contributed by atoms with Gasteiger partial charge in [0, 0.05) is 45.2 Å². The average Bonchev–Trinajstić information content (AvgIpc) is 3.03. The first-order valence-corrected chi connectivity index (χ1v) is 12.7. The normalized spacial score (nSPS) is 26.3. The molecule has 0 aromatic carbocycles. The van der Waals surface area contributed by atoms with Crippen molar-refractivity contribution in [1.29, 1.82) is 0 Å². The van der Waals surface area contributed by atoms with Crippen LogP contribution < -0.4 is 0 Å². The van der Waals surface area contributed by atoms with Gasteiger partial charge >= 0.3 is 0 Å². The second-order valence-electron chi connectivity index (χ2n) is 8.60. The first-order valence-electron chi connectivity index (χ1n) is 10.9. The van der Waals surface area contributed by atoms with E-state index in [1.165, 1.54) is 32.1 Å². The molecular formula is C20H35N3O4S. The molecule has 1 unspecified atom stereocenters. The molecule has 160 valence electrons. The van der Waals surface area contributed by atoms with Crippen LogP contribution in [-0.2, 0) is 19.4 Å². The first kappa shape index (κ1) is 21.6. The summed E-state index contributed by atoms with van der Waals surface area (Å²) >= 11 is 0. The minimum Gasteiger partial charge on any atom is -0.340 e. The van der Waals surface area contributed by atoms with E-state index < -0.39 is 9.84 Å². The molecule has 1 atom stereocenters. The van der Waals surface area contributed by atoms with E-state index >= 15 is 0 Å². The number of sulfone groups is 1. The van der Waals surface area contributed by atoms with Crippen LogP contribution in [0.15, 0.2) is 0 Å². The van der Waals surface area contributed by atoms with Gasteiger partial charge in [0.25, 0.3) is 0 Å². The van der Waals surface area contributed by atoms with Crippen LogP contribution in [0.2, 0.25) is 0 Å². The Morgan fingerprint density at radius 1 is 1.00 bits per heavy atom. The van der Waals surface area contributed by atoms with Crippen LogP contribution in [0.3, 0.4) is 0 Å². The van der Waals surface area contributed by atoms with Crippen molar-refractivity contribution in [2.45, 2.75) is 57.9 Å². The quantitative estimate of drug-likeness (QED) is 0.652. The Bertz CT molecular complexity index is 652. The summed E-state index contributed by atoms with van der Waals surface area (Å²) in [6.45, 7) is 5.55. The number of carbonyl (C=O) groups excluding carboxylic acids is 2. The largest absolute Gasteiger partial charge is 0.340 e. The molecule has 0 aromatic heterocycles. The van der Waals surface area contributed by atoms with Gasteiger partial charge in [0.15, 0.2) is 9.84 Å². The maximum Gasteiger partial charge on any atom is 0.237 e. The highest BCUT2D eigenvalue weighted by Gasteiger charge is 2.34. The minimum absolute atomic E-state index is 0.00609. The van der Waals surface area contributed by atoms with Crippen LogP contribution in [0.1, 0.15) is 51.9 Å². The molecule has 7 nitrogen and oxygen atoms in total. The summed E-state index contributed by atoms with van der Waals surface area (Å²) in [5, 5.41) is 0. The number of amides is 2. The van der Waals surface area contributed by atoms with Gasteiger partial charge in [-0.3, -0.25) is 14.5 Å². The number of carbonyl (C=O) groups is 2. The van der Waals surface area contributed by atoms with E-state index in [9.17, 15) is 18.0 Å². The fourth-order valence-electron chi connectivity index (χ4n) is 4.86. The van der Waals surface area contributed by atoms with Crippen molar-refractivity contribution < 1.29 is 18.0 Å². The third-order valence-corrected chi connectivity index (χ3v) is 8.33. The predicted octanol–water partition coefficient (Wildman–Crippen LogP) is 1.14. The molecule has 3 rings (SSSR count). The van der Waals surface area contributed by atoms with E-state index in [1.807, 2.05) is 11.8 Å². The zero-order valence-electron chi connectivity index (χ0n) is 17.1. The fourth-order valence-corrected chi connectivity index (χ4v) is 6.59. The molecule has 0 N–H and O–H groups in total. The third-order valence-electron chi connectivity index (χ3n) is 6.58. The van der Waals surface area contributed by atoms with Gasteiger partial charge in [0.1, 0.15) is 0 Å². The summed E-state index contributed by atoms with van der Waals surface area (Å²) in [6.07, 6.45) is 7.41. The van der Waals surface area contributed by atoms with E-state index in [-0.39, 0.29) is 29.4 Å². The van der Waals surface area contributed by atoms with E-state index in [2.05, 4.69) is 4.90 Å². The molecule has 0 bridgehead atoms. The lowest BCUT2D eigenvalue weighted by atomic mass is 9.86. The minimum atomic E-state index is -3.00. The molecule has 0 spiro atoms. The van der Waals surface area contributed by atoms with Gasteiger partial charge in [0.05, 0.1) is 18.1 Å². The lowest BCUT2D eigenvalue weighted by molar-refractivity contribution is -0.136. The Balaban J connectivity index is 1.43. The molecule has 2 heterocycles. The average molecular weight is 414 g/mol. The maximum absolute atomic E-state index is 12.7. The van der Waals surface area contributed by atoms with Crippen LogP contribution in [0.5, 0.6) is 0 Å². The zero-order chi connectivity index (χ0) is 20.1. The second-order valence-corrected chi connectivity index (χ2v) is 10.8. The van der Waals surface area contributed by atoms with E-state index in [1.54, 1.807) is 4.90 Å². The molecule has 3 aliphatic rings. The van der Waals surface area contributed by atoms with Gasteiger partial charge in [-0.05, 0) is 32.1 Å². The number of piperazine rings is 1. The summed E-state index contributed by atoms with van der Waals surface area (Å²) in [4.78, 5) is 31.1. The van der Waals surface area contributed by atoms with Crippen molar-refractivity contribution in [3.63, 3.8) is 0 Å². The Morgan fingerprint density at radius 3 is 2.25 bits per heavy atom. The summed E-state index contributed by atoms with van der Waals surface area (Å²) < 4.78 is 23.5. The van der Waals surface area contributed by atoms with Gasteiger partial charge in [-0.15, -0.1) is 0 Å². The predicted molar refractivity (Wildman–Crippen MR) is 109 cm³/mol. The van der Waals surface area contributed by atoms with Gasteiger partial charge in [0.2, 0.25) is 11.8 Å². The van der Waals surface area contributed by atoms with Crippen molar-refractivity contribution in [3.05, 3.63) is 0 Å². The molecule has 8 heteroatoms. The lowest BCUT2D eigenvalue weighted by Gasteiger charge is -2.37. The number of nitrogens with zero attached hydrogens (tertiary/aromatic N) is 3. The van der Waals surface area contributed by atoms with Gasteiger partial charge in [-0.2, -0.15) is 0 Å². The van der Waals surface area contributed by atoms with Crippen molar-refractivity contribution in [2.24, 2.45) is 5.92 Å². The topological polar surface area (TPSA) is 78.0 Å². The highest BCUT2D eigenvalue weighted by molar-refractivity contribution is 7.91. The highest BCUT2D eigenvalue weighted by Crippen LogP contribution is 2.27. The molecule has 2 amide bonds. The molecule has 1 aliphatic carbocycles. The van der Waals surface area contributed by atoms with Crippen LogP contribution in [0.25, 0.3) is 0 Å². The molecule has 2 aliphatic heterocycles. The number of hydrogen-bond donors (Lipinski definition) is 0. The molecule has 28 heavy (non-hydrogen) atoms. The summed E-state index contributed by atoms with van der Waals surface area (Å²) in [6, 6.07) is -0.180.